The average Bonchev–Trinajstić information content (AvgIpc) is 3.01. The summed E-state index contributed by atoms with van der Waals surface area (Å²) in [6.07, 6.45) is 3.58. The Bertz CT molecular complexity index is 373. The molecular weight excluding hydrogens is 262 g/mol. The van der Waals surface area contributed by atoms with Crippen LogP contribution in [0.4, 0.5) is 0 Å². The number of ether oxygens (including phenoxy) is 1. The Hall–Kier alpha value is -0.0300. The molecule has 100 valence electrons. The highest BCUT2D eigenvalue weighted by atomic mass is 32.2. The Morgan fingerprint density at radius 2 is 2.50 bits per heavy atom. The second kappa shape index (κ2) is 5.53. The van der Waals surface area contributed by atoms with E-state index < -0.39 is 0 Å². The van der Waals surface area contributed by atoms with Crippen LogP contribution in [-0.2, 0) is 4.74 Å². The minimum Gasteiger partial charge on any atom is -0.374 e. The van der Waals surface area contributed by atoms with Crippen LogP contribution in [0, 0.1) is 0 Å². The van der Waals surface area contributed by atoms with Gasteiger partial charge in [-0.3, -0.25) is 0 Å². The van der Waals surface area contributed by atoms with Crippen LogP contribution < -0.4 is 5.32 Å². The Labute approximate surface area is 117 Å². The smallest absolute Gasteiger partial charge is 0.0795 e. The molecule has 3 rings (SSSR count). The summed E-state index contributed by atoms with van der Waals surface area (Å²) in [5, 5.41) is 8.20. The molecule has 1 spiro atoms. The fourth-order valence-electron chi connectivity index (χ4n) is 3.00. The van der Waals surface area contributed by atoms with Gasteiger partial charge in [-0.05, 0) is 54.3 Å². The zero-order valence-electron chi connectivity index (χ0n) is 10.9. The second-order valence-corrected chi connectivity index (χ2v) is 7.35. The van der Waals surface area contributed by atoms with E-state index in [2.05, 4.69) is 29.1 Å². The molecule has 4 heteroatoms. The van der Waals surface area contributed by atoms with Crippen molar-refractivity contribution in [2.24, 2.45) is 0 Å². The zero-order chi connectivity index (χ0) is 12.4. The predicted molar refractivity (Wildman–Crippen MR) is 79.5 cm³/mol. The van der Waals surface area contributed by atoms with Crippen LogP contribution in [-0.4, -0.2) is 29.8 Å². The summed E-state index contributed by atoms with van der Waals surface area (Å²) in [4.78, 5) is 0. The fourth-order valence-corrected chi connectivity index (χ4v) is 5.14. The van der Waals surface area contributed by atoms with Gasteiger partial charge in [-0.2, -0.15) is 23.1 Å². The molecule has 0 amide bonds. The summed E-state index contributed by atoms with van der Waals surface area (Å²) in [7, 11) is 0. The van der Waals surface area contributed by atoms with Gasteiger partial charge in [0.1, 0.15) is 0 Å². The van der Waals surface area contributed by atoms with Gasteiger partial charge in [0.25, 0.3) is 0 Å². The van der Waals surface area contributed by atoms with Gasteiger partial charge in [0, 0.05) is 24.4 Å². The number of nitrogens with one attached hydrogen (secondary N) is 1. The highest BCUT2D eigenvalue weighted by Crippen LogP contribution is 2.38. The average molecular weight is 283 g/mol. The molecule has 2 saturated heterocycles. The maximum atomic E-state index is 6.07. The number of thiophene rings is 1. The standard InChI is InChI=1S/C14H21NOS2/c1-11(12-3-6-17-9-12)15-13-2-5-16-14(8-13)4-7-18-10-14/h3,6,9,11,13,15H,2,4-5,7-8,10H2,1H3. The van der Waals surface area contributed by atoms with E-state index in [4.69, 9.17) is 4.74 Å². The summed E-state index contributed by atoms with van der Waals surface area (Å²) < 4.78 is 6.07. The van der Waals surface area contributed by atoms with E-state index in [0.717, 1.165) is 13.0 Å². The lowest BCUT2D eigenvalue weighted by atomic mass is 9.89. The molecule has 1 aromatic heterocycles. The highest BCUT2D eigenvalue weighted by molar-refractivity contribution is 7.99. The molecule has 0 bridgehead atoms. The molecule has 1 aromatic rings. The summed E-state index contributed by atoms with van der Waals surface area (Å²) in [5.74, 6) is 2.46. The third kappa shape index (κ3) is 2.77. The van der Waals surface area contributed by atoms with Gasteiger partial charge < -0.3 is 10.1 Å². The van der Waals surface area contributed by atoms with Crippen LogP contribution in [0.25, 0.3) is 0 Å². The molecule has 0 aromatic carbocycles. The van der Waals surface area contributed by atoms with Crippen molar-refractivity contribution >= 4 is 23.1 Å². The third-order valence-corrected chi connectivity index (χ3v) is 6.01. The van der Waals surface area contributed by atoms with E-state index in [0.29, 0.717) is 12.1 Å². The molecule has 0 saturated carbocycles. The third-order valence-electron chi connectivity index (χ3n) is 4.09. The molecular formula is C14H21NOS2. The Morgan fingerprint density at radius 3 is 3.22 bits per heavy atom. The van der Waals surface area contributed by atoms with E-state index >= 15 is 0 Å². The normalized spacial score (nSPS) is 33.9. The number of hydrogen-bond donors (Lipinski definition) is 1. The topological polar surface area (TPSA) is 21.3 Å². The van der Waals surface area contributed by atoms with Gasteiger partial charge in [-0.15, -0.1) is 0 Å². The minimum atomic E-state index is 0.189. The monoisotopic (exact) mass is 283 g/mol. The van der Waals surface area contributed by atoms with E-state index in [1.165, 1.54) is 29.9 Å². The molecule has 1 N–H and O–H groups in total. The van der Waals surface area contributed by atoms with Crippen molar-refractivity contribution in [3.8, 4) is 0 Å². The number of rotatable bonds is 3. The van der Waals surface area contributed by atoms with Crippen molar-refractivity contribution < 1.29 is 4.74 Å². The van der Waals surface area contributed by atoms with E-state index in [1.54, 1.807) is 11.3 Å². The SMILES string of the molecule is CC(NC1CCOC2(CCSC2)C1)c1ccsc1. The maximum Gasteiger partial charge on any atom is 0.0795 e. The van der Waals surface area contributed by atoms with Gasteiger partial charge in [0.2, 0.25) is 0 Å². The lowest BCUT2D eigenvalue weighted by molar-refractivity contribution is -0.0711. The first kappa shape index (κ1) is 13.0. The first-order valence-electron chi connectivity index (χ1n) is 6.77. The Morgan fingerprint density at radius 1 is 1.56 bits per heavy atom. The molecule has 2 nitrogen and oxygen atoms in total. The van der Waals surface area contributed by atoms with Crippen LogP contribution in [0.5, 0.6) is 0 Å². The molecule has 2 aliphatic heterocycles. The summed E-state index contributed by atoms with van der Waals surface area (Å²) in [6.45, 7) is 3.20. The number of thioether (sulfide) groups is 1. The summed E-state index contributed by atoms with van der Waals surface area (Å²) >= 11 is 3.83. The van der Waals surface area contributed by atoms with Crippen LogP contribution in [0.2, 0.25) is 0 Å². The molecule has 18 heavy (non-hydrogen) atoms. The van der Waals surface area contributed by atoms with Crippen LogP contribution in [0.3, 0.4) is 0 Å². The molecule has 3 atom stereocenters. The van der Waals surface area contributed by atoms with Crippen molar-refractivity contribution in [1.82, 2.24) is 5.32 Å². The lowest BCUT2D eigenvalue weighted by Gasteiger charge is -2.39. The molecule has 0 aliphatic carbocycles. The first-order chi connectivity index (χ1) is 8.77. The molecule has 2 aliphatic rings. The van der Waals surface area contributed by atoms with Crippen LogP contribution >= 0.6 is 23.1 Å². The molecule has 3 heterocycles. The zero-order valence-corrected chi connectivity index (χ0v) is 12.5. The Balaban J connectivity index is 1.59. The largest absolute Gasteiger partial charge is 0.374 e. The minimum absolute atomic E-state index is 0.189. The van der Waals surface area contributed by atoms with E-state index in [9.17, 15) is 0 Å². The van der Waals surface area contributed by atoms with Crippen LogP contribution in [0.1, 0.15) is 37.8 Å². The van der Waals surface area contributed by atoms with Gasteiger partial charge in [-0.25, -0.2) is 0 Å². The number of hydrogen-bond acceptors (Lipinski definition) is 4. The molecule has 2 fully saturated rings. The maximum absolute atomic E-state index is 6.07. The van der Waals surface area contributed by atoms with Gasteiger partial charge in [0.05, 0.1) is 5.60 Å². The van der Waals surface area contributed by atoms with E-state index in [1.807, 2.05) is 11.8 Å². The van der Waals surface area contributed by atoms with Gasteiger partial charge >= 0.3 is 0 Å². The highest BCUT2D eigenvalue weighted by Gasteiger charge is 2.40. The van der Waals surface area contributed by atoms with Crippen molar-refractivity contribution in [3.63, 3.8) is 0 Å². The van der Waals surface area contributed by atoms with Crippen molar-refractivity contribution in [2.75, 3.05) is 18.1 Å². The van der Waals surface area contributed by atoms with Crippen molar-refractivity contribution in [2.45, 2.75) is 43.9 Å². The lowest BCUT2D eigenvalue weighted by Crippen LogP contribution is -2.47. The molecule has 0 radical (unpaired) electrons. The summed E-state index contributed by atoms with van der Waals surface area (Å²) in [6, 6.07) is 3.31. The quantitative estimate of drug-likeness (QED) is 0.918. The first-order valence-corrected chi connectivity index (χ1v) is 8.87. The van der Waals surface area contributed by atoms with Crippen LogP contribution in [0.15, 0.2) is 16.8 Å². The second-order valence-electron chi connectivity index (χ2n) is 5.47. The fraction of sp³-hybridized carbons (Fsp3) is 0.714. The van der Waals surface area contributed by atoms with Crippen molar-refractivity contribution in [1.29, 1.82) is 0 Å². The van der Waals surface area contributed by atoms with Crippen molar-refractivity contribution in [3.05, 3.63) is 22.4 Å². The Kier molecular flexibility index (Phi) is 3.99. The van der Waals surface area contributed by atoms with E-state index in [-0.39, 0.29) is 5.60 Å². The van der Waals surface area contributed by atoms with Gasteiger partial charge in [-0.1, -0.05) is 0 Å². The summed E-state index contributed by atoms with van der Waals surface area (Å²) in [5.41, 5.74) is 1.61. The van der Waals surface area contributed by atoms with Gasteiger partial charge in [0.15, 0.2) is 0 Å². The molecule has 3 unspecified atom stereocenters. The predicted octanol–water partition coefficient (Wildman–Crippen LogP) is 3.45.